The third-order valence-corrected chi connectivity index (χ3v) is 4.26. The fraction of sp³-hybridized carbons (Fsp3) is 0.929. The van der Waals surface area contributed by atoms with Crippen LogP contribution in [0.4, 0.5) is 0 Å². The van der Waals surface area contributed by atoms with E-state index in [9.17, 15) is 4.79 Å². The first-order valence-electron chi connectivity index (χ1n) is 7.06. The van der Waals surface area contributed by atoms with Crippen molar-refractivity contribution in [3.8, 4) is 0 Å². The van der Waals surface area contributed by atoms with Crippen molar-refractivity contribution in [2.75, 3.05) is 46.9 Å². The molecule has 1 fully saturated rings. The molecule has 1 aliphatic rings. The summed E-state index contributed by atoms with van der Waals surface area (Å²) in [4.78, 5) is 16.5. The lowest BCUT2D eigenvalue weighted by Crippen LogP contribution is -2.60. The number of hydrogen-bond donors (Lipinski definition) is 0. The number of esters is 1. The number of methoxy groups -OCH3 is 1. The van der Waals surface area contributed by atoms with E-state index in [1.54, 1.807) is 7.11 Å². The van der Waals surface area contributed by atoms with Gasteiger partial charge in [-0.05, 0) is 27.8 Å². The third kappa shape index (κ3) is 4.16. The maximum absolute atomic E-state index is 11.9. The molecule has 1 rings (SSSR count). The standard InChI is InChI=1S/C14H28N2O3/c1-6-19-13(17)11-14(3,12(2)18-5)16-9-7-15(4)8-10-16/h12H,6-11H2,1-5H3. The Bertz CT molecular complexity index is 290. The van der Waals surface area contributed by atoms with E-state index in [0.717, 1.165) is 26.2 Å². The quantitative estimate of drug-likeness (QED) is 0.674. The average molecular weight is 272 g/mol. The summed E-state index contributed by atoms with van der Waals surface area (Å²) in [6, 6.07) is 0. The number of rotatable bonds is 6. The van der Waals surface area contributed by atoms with E-state index >= 15 is 0 Å². The average Bonchev–Trinajstić information content (AvgIpc) is 2.38. The van der Waals surface area contributed by atoms with E-state index in [4.69, 9.17) is 9.47 Å². The normalized spacial score (nSPS) is 22.8. The molecule has 0 aromatic heterocycles. The summed E-state index contributed by atoms with van der Waals surface area (Å²) in [5, 5.41) is 0. The summed E-state index contributed by atoms with van der Waals surface area (Å²) in [5.74, 6) is -0.146. The molecule has 1 aliphatic heterocycles. The molecule has 19 heavy (non-hydrogen) atoms. The molecule has 5 heteroatoms. The highest BCUT2D eigenvalue weighted by Crippen LogP contribution is 2.27. The minimum absolute atomic E-state index is 0.0136. The van der Waals surface area contributed by atoms with Crippen molar-refractivity contribution in [1.82, 2.24) is 9.80 Å². The van der Waals surface area contributed by atoms with Gasteiger partial charge in [-0.3, -0.25) is 9.69 Å². The maximum atomic E-state index is 11.9. The van der Waals surface area contributed by atoms with E-state index in [2.05, 4.69) is 23.8 Å². The topological polar surface area (TPSA) is 42.0 Å². The first kappa shape index (κ1) is 16.4. The highest BCUT2D eigenvalue weighted by atomic mass is 16.5. The molecule has 0 saturated carbocycles. The predicted molar refractivity (Wildman–Crippen MR) is 75.2 cm³/mol. The number of carbonyl (C=O) groups excluding carboxylic acids is 1. The Labute approximate surface area is 116 Å². The molecule has 0 N–H and O–H groups in total. The van der Waals surface area contributed by atoms with Crippen LogP contribution < -0.4 is 0 Å². The van der Waals surface area contributed by atoms with Crippen LogP contribution in [0.2, 0.25) is 0 Å². The molecule has 5 nitrogen and oxygen atoms in total. The summed E-state index contributed by atoms with van der Waals surface area (Å²) in [6.07, 6.45) is 0.361. The van der Waals surface area contributed by atoms with Crippen LogP contribution in [-0.4, -0.2) is 74.4 Å². The summed E-state index contributed by atoms with van der Waals surface area (Å²) in [7, 11) is 3.82. The van der Waals surface area contributed by atoms with E-state index in [0.29, 0.717) is 13.0 Å². The molecule has 0 radical (unpaired) electrons. The van der Waals surface area contributed by atoms with Crippen LogP contribution in [0, 0.1) is 0 Å². The van der Waals surface area contributed by atoms with Crippen LogP contribution in [0.1, 0.15) is 27.2 Å². The SMILES string of the molecule is CCOC(=O)CC(C)(C(C)OC)N1CCN(C)CC1. The van der Waals surface area contributed by atoms with Gasteiger partial charge in [0.1, 0.15) is 0 Å². The molecular weight excluding hydrogens is 244 g/mol. The van der Waals surface area contributed by atoms with Gasteiger partial charge in [-0.1, -0.05) is 0 Å². The minimum Gasteiger partial charge on any atom is -0.466 e. The van der Waals surface area contributed by atoms with Gasteiger partial charge in [-0.15, -0.1) is 0 Å². The van der Waals surface area contributed by atoms with Gasteiger partial charge in [-0.25, -0.2) is 0 Å². The fourth-order valence-corrected chi connectivity index (χ4v) is 2.59. The Morgan fingerprint density at radius 1 is 1.32 bits per heavy atom. The molecule has 2 unspecified atom stereocenters. The Morgan fingerprint density at radius 2 is 1.89 bits per heavy atom. The van der Waals surface area contributed by atoms with Crippen molar-refractivity contribution in [2.45, 2.75) is 38.8 Å². The smallest absolute Gasteiger partial charge is 0.307 e. The fourth-order valence-electron chi connectivity index (χ4n) is 2.59. The van der Waals surface area contributed by atoms with Crippen LogP contribution in [0.3, 0.4) is 0 Å². The highest BCUT2D eigenvalue weighted by Gasteiger charge is 2.41. The van der Waals surface area contributed by atoms with Crippen molar-refractivity contribution >= 4 is 5.97 Å². The van der Waals surface area contributed by atoms with Crippen molar-refractivity contribution in [3.63, 3.8) is 0 Å². The second-order valence-electron chi connectivity index (χ2n) is 5.51. The van der Waals surface area contributed by atoms with Crippen molar-refractivity contribution in [2.24, 2.45) is 0 Å². The Kier molecular flexibility index (Phi) is 6.23. The van der Waals surface area contributed by atoms with Crippen LogP contribution in [0.15, 0.2) is 0 Å². The number of carbonyl (C=O) groups is 1. The molecular formula is C14H28N2O3. The van der Waals surface area contributed by atoms with E-state index in [1.807, 2.05) is 13.8 Å². The minimum atomic E-state index is -0.303. The zero-order valence-electron chi connectivity index (χ0n) is 12.9. The molecule has 1 saturated heterocycles. The van der Waals surface area contributed by atoms with E-state index in [-0.39, 0.29) is 17.6 Å². The molecule has 112 valence electrons. The second-order valence-corrected chi connectivity index (χ2v) is 5.51. The van der Waals surface area contributed by atoms with Crippen LogP contribution >= 0.6 is 0 Å². The summed E-state index contributed by atoms with van der Waals surface area (Å²) < 4.78 is 10.6. The van der Waals surface area contributed by atoms with Gasteiger partial charge < -0.3 is 14.4 Å². The maximum Gasteiger partial charge on any atom is 0.307 e. The lowest BCUT2D eigenvalue weighted by molar-refractivity contribution is -0.150. The van der Waals surface area contributed by atoms with E-state index < -0.39 is 0 Å². The zero-order valence-corrected chi connectivity index (χ0v) is 12.9. The first-order valence-corrected chi connectivity index (χ1v) is 7.06. The van der Waals surface area contributed by atoms with Gasteiger partial charge in [-0.2, -0.15) is 0 Å². The van der Waals surface area contributed by atoms with Gasteiger partial charge in [0.25, 0.3) is 0 Å². The number of piperazine rings is 1. The molecule has 0 aromatic rings. The number of hydrogen-bond acceptors (Lipinski definition) is 5. The van der Waals surface area contributed by atoms with Crippen molar-refractivity contribution in [3.05, 3.63) is 0 Å². The van der Waals surface area contributed by atoms with Gasteiger partial charge in [0.2, 0.25) is 0 Å². The number of ether oxygens (including phenoxy) is 2. The van der Waals surface area contributed by atoms with Gasteiger partial charge >= 0.3 is 5.97 Å². The molecule has 0 spiro atoms. The van der Waals surface area contributed by atoms with Crippen LogP contribution in [0.5, 0.6) is 0 Å². The summed E-state index contributed by atoms with van der Waals surface area (Å²) in [5.41, 5.74) is -0.303. The van der Waals surface area contributed by atoms with E-state index in [1.165, 1.54) is 0 Å². The Balaban J connectivity index is 2.77. The lowest BCUT2D eigenvalue weighted by Gasteiger charge is -2.47. The molecule has 2 atom stereocenters. The highest BCUT2D eigenvalue weighted by molar-refractivity contribution is 5.71. The van der Waals surface area contributed by atoms with Crippen molar-refractivity contribution in [1.29, 1.82) is 0 Å². The molecule has 0 bridgehead atoms. The molecule has 0 aliphatic carbocycles. The van der Waals surface area contributed by atoms with Gasteiger partial charge in [0.15, 0.2) is 0 Å². The van der Waals surface area contributed by atoms with Crippen LogP contribution in [-0.2, 0) is 14.3 Å². The second kappa shape index (κ2) is 7.22. The van der Waals surface area contributed by atoms with Gasteiger partial charge in [0.05, 0.1) is 24.7 Å². The van der Waals surface area contributed by atoms with Crippen molar-refractivity contribution < 1.29 is 14.3 Å². The molecule has 0 amide bonds. The number of likely N-dealkylation sites (N-methyl/N-ethyl adjacent to an activating group) is 1. The third-order valence-electron chi connectivity index (χ3n) is 4.26. The largest absolute Gasteiger partial charge is 0.466 e. The summed E-state index contributed by atoms with van der Waals surface area (Å²) in [6.45, 7) is 10.4. The Hall–Kier alpha value is -0.650. The lowest BCUT2D eigenvalue weighted by atomic mass is 9.88. The Morgan fingerprint density at radius 3 is 2.37 bits per heavy atom. The molecule has 1 heterocycles. The molecule has 0 aromatic carbocycles. The summed E-state index contributed by atoms with van der Waals surface area (Å²) >= 11 is 0. The first-order chi connectivity index (χ1) is 8.93. The van der Waals surface area contributed by atoms with Crippen LogP contribution in [0.25, 0.3) is 0 Å². The number of nitrogens with zero attached hydrogens (tertiary/aromatic N) is 2. The predicted octanol–water partition coefficient (Wildman–Crippen LogP) is 0.981. The monoisotopic (exact) mass is 272 g/mol. The van der Waals surface area contributed by atoms with Gasteiger partial charge in [0, 0.05) is 33.3 Å². The zero-order chi connectivity index (χ0) is 14.5.